The molecule has 0 N–H and O–H groups in total. The third kappa shape index (κ3) is 1.85. The number of fused-ring (bicyclic) bond motifs is 1. The highest BCUT2D eigenvalue weighted by Crippen LogP contribution is 2.36. The van der Waals surface area contributed by atoms with Gasteiger partial charge in [0.1, 0.15) is 0 Å². The summed E-state index contributed by atoms with van der Waals surface area (Å²) in [6, 6.07) is 8.63. The SMILES string of the molecule is Brc1cccc2sc(N3CCOCC3)cc12. The number of thiophene rings is 1. The summed E-state index contributed by atoms with van der Waals surface area (Å²) in [7, 11) is 0. The average molecular weight is 298 g/mol. The summed E-state index contributed by atoms with van der Waals surface area (Å²) >= 11 is 5.46. The summed E-state index contributed by atoms with van der Waals surface area (Å²) in [5.41, 5.74) is 0. The molecule has 1 aromatic carbocycles. The number of morpholine rings is 1. The summed E-state index contributed by atoms with van der Waals surface area (Å²) in [6.07, 6.45) is 0. The van der Waals surface area contributed by atoms with Crippen LogP contribution in [0.2, 0.25) is 0 Å². The molecule has 16 heavy (non-hydrogen) atoms. The summed E-state index contributed by atoms with van der Waals surface area (Å²) in [6.45, 7) is 3.69. The van der Waals surface area contributed by atoms with Gasteiger partial charge in [0, 0.05) is 27.6 Å². The zero-order valence-electron chi connectivity index (χ0n) is 8.78. The van der Waals surface area contributed by atoms with Gasteiger partial charge >= 0.3 is 0 Å². The van der Waals surface area contributed by atoms with Gasteiger partial charge in [0.05, 0.1) is 18.2 Å². The predicted molar refractivity (Wildman–Crippen MR) is 72.6 cm³/mol. The maximum atomic E-state index is 5.37. The molecule has 1 aliphatic heterocycles. The van der Waals surface area contributed by atoms with Gasteiger partial charge in [-0.3, -0.25) is 0 Å². The Morgan fingerprint density at radius 1 is 1.25 bits per heavy atom. The van der Waals surface area contributed by atoms with E-state index in [1.165, 1.54) is 19.6 Å². The van der Waals surface area contributed by atoms with E-state index in [1.54, 1.807) is 0 Å². The van der Waals surface area contributed by atoms with E-state index < -0.39 is 0 Å². The molecule has 0 amide bonds. The van der Waals surface area contributed by atoms with Gasteiger partial charge in [0.25, 0.3) is 0 Å². The van der Waals surface area contributed by atoms with E-state index in [9.17, 15) is 0 Å². The molecule has 2 aromatic rings. The largest absolute Gasteiger partial charge is 0.378 e. The smallest absolute Gasteiger partial charge is 0.0922 e. The molecule has 0 atom stereocenters. The highest BCUT2D eigenvalue weighted by Gasteiger charge is 2.14. The van der Waals surface area contributed by atoms with Crippen molar-refractivity contribution in [2.75, 3.05) is 31.2 Å². The van der Waals surface area contributed by atoms with Gasteiger partial charge in [-0.15, -0.1) is 11.3 Å². The van der Waals surface area contributed by atoms with Crippen molar-refractivity contribution in [1.82, 2.24) is 0 Å². The molecular weight excluding hydrogens is 286 g/mol. The number of benzene rings is 1. The van der Waals surface area contributed by atoms with E-state index in [0.717, 1.165) is 26.3 Å². The minimum Gasteiger partial charge on any atom is -0.378 e. The molecule has 3 rings (SSSR count). The summed E-state index contributed by atoms with van der Waals surface area (Å²) in [4.78, 5) is 2.40. The van der Waals surface area contributed by atoms with Crippen LogP contribution in [0.3, 0.4) is 0 Å². The molecule has 2 nitrogen and oxygen atoms in total. The quantitative estimate of drug-likeness (QED) is 0.799. The minimum absolute atomic E-state index is 0.843. The molecule has 4 heteroatoms. The van der Waals surface area contributed by atoms with Crippen molar-refractivity contribution >= 4 is 42.4 Å². The number of halogens is 1. The van der Waals surface area contributed by atoms with Crippen LogP contribution in [-0.2, 0) is 4.74 Å². The summed E-state index contributed by atoms with van der Waals surface area (Å²) in [5.74, 6) is 0. The number of rotatable bonds is 1. The Bertz CT molecular complexity index is 505. The Balaban J connectivity index is 2.01. The van der Waals surface area contributed by atoms with Crippen LogP contribution in [0.25, 0.3) is 10.1 Å². The zero-order chi connectivity index (χ0) is 11.0. The average Bonchev–Trinajstić information content (AvgIpc) is 2.76. The third-order valence-corrected chi connectivity index (χ3v) is 4.67. The topological polar surface area (TPSA) is 12.5 Å². The molecule has 0 saturated carbocycles. The monoisotopic (exact) mass is 297 g/mol. The highest BCUT2D eigenvalue weighted by molar-refractivity contribution is 9.10. The molecule has 0 bridgehead atoms. The lowest BCUT2D eigenvalue weighted by atomic mass is 10.2. The first-order chi connectivity index (χ1) is 7.84. The molecular formula is C12H12BrNOS. The normalized spacial score (nSPS) is 16.9. The van der Waals surface area contributed by atoms with Crippen molar-refractivity contribution in [1.29, 1.82) is 0 Å². The number of nitrogens with zero attached hydrogens (tertiary/aromatic N) is 1. The van der Waals surface area contributed by atoms with Crippen LogP contribution in [0, 0.1) is 0 Å². The lowest BCUT2D eigenvalue weighted by molar-refractivity contribution is 0.123. The first-order valence-electron chi connectivity index (χ1n) is 5.35. The number of ether oxygens (including phenoxy) is 1. The van der Waals surface area contributed by atoms with Crippen molar-refractivity contribution in [3.05, 3.63) is 28.7 Å². The van der Waals surface area contributed by atoms with Crippen LogP contribution in [0.4, 0.5) is 5.00 Å². The molecule has 0 spiro atoms. The second-order valence-corrected chi connectivity index (χ2v) is 5.75. The summed E-state index contributed by atoms with van der Waals surface area (Å²) < 4.78 is 7.90. The van der Waals surface area contributed by atoms with Crippen molar-refractivity contribution in [2.45, 2.75) is 0 Å². The van der Waals surface area contributed by atoms with E-state index in [0.29, 0.717) is 0 Å². The van der Waals surface area contributed by atoms with Crippen molar-refractivity contribution in [2.24, 2.45) is 0 Å². The van der Waals surface area contributed by atoms with Crippen molar-refractivity contribution < 1.29 is 4.74 Å². The zero-order valence-corrected chi connectivity index (χ0v) is 11.2. The first-order valence-corrected chi connectivity index (χ1v) is 6.96. The van der Waals surface area contributed by atoms with Crippen LogP contribution < -0.4 is 4.90 Å². The van der Waals surface area contributed by atoms with Crippen LogP contribution in [0.1, 0.15) is 0 Å². The van der Waals surface area contributed by atoms with E-state index in [4.69, 9.17) is 4.74 Å². The predicted octanol–water partition coefficient (Wildman–Crippen LogP) is 3.50. The van der Waals surface area contributed by atoms with Crippen LogP contribution in [0.5, 0.6) is 0 Å². The highest BCUT2D eigenvalue weighted by atomic mass is 79.9. The van der Waals surface area contributed by atoms with E-state index in [-0.39, 0.29) is 0 Å². The van der Waals surface area contributed by atoms with Gasteiger partial charge in [0.15, 0.2) is 0 Å². The van der Waals surface area contributed by atoms with Gasteiger partial charge < -0.3 is 9.64 Å². The van der Waals surface area contributed by atoms with E-state index in [1.807, 2.05) is 11.3 Å². The van der Waals surface area contributed by atoms with Crippen molar-refractivity contribution in [3.63, 3.8) is 0 Å². The standard InChI is InChI=1S/C12H12BrNOS/c13-10-2-1-3-11-9(10)8-12(16-11)14-4-6-15-7-5-14/h1-3,8H,4-7H2. The van der Waals surface area contributed by atoms with Gasteiger partial charge in [-0.1, -0.05) is 22.0 Å². The third-order valence-electron chi connectivity index (χ3n) is 2.82. The second kappa shape index (κ2) is 4.35. The fraction of sp³-hybridized carbons (Fsp3) is 0.333. The molecule has 0 unspecified atom stereocenters. The Kier molecular flexibility index (Phi) is 2.88. The Hall–Kier alpha value is -0.580. The fourth-order valence-corrected chi connectivity index (χ4v) is 3.70. The molecule has 1 aliphatic rings. The minimum atomic E-state index is 0.843. The molecule has 1 fully saturated rings. The molecule has 1 saturated heterocycles. The van der Waals surface area contributed by atoms with Crippen LogP contribution in [0.15, 0.2) is 28.7 Å². The lowest BCUT2D eigenvalue weighted by Crippen LogP contribution is -2.35. The molecule has 84 valence electrons. The van der Waals surface area contributed by atoms with Crippen molar-refractivity contribution in [3.8, 4) is 0 Å². The Morgan fingerprint density at radius 3 is 2.81 bits per heavy atom. The fourth-order valence-electron chi connectivity index (χ4n) is 1.95. The van der Waals surface area contributed by atoms with Gasteiger partial charge in [-0.2, -0.15) is 0 Å². The van der Waals surface area contributed by atoms with Crippen LogP contribution >= 0.6 is 27.3 Å². The number of anilines is 1. The molecule has 2 heterocycles. The van der Waals surface area contributed by atoms with E-state index >= 15 is 0 Å². The van der Waals surface area contributed by atoms with Gasteiger partial charge in [0.2, 0.25) is 0 Å². The molecule has 0 aliphatic carbocycles. The lowest BCUT2D eigenvalue weighted by Gasteiger charge is -2.27. The van der Waals surface area contributed by atoms with Gasteiger partial charge in [-0.05, 0) is 18.2 Å². The summed E-state index contributed by atoms with van der Waals surface area (Å²) in [5, 5.41) is 2.67. The molecule has 1 aromatic heterocycles. The number of hydrogen-bond donors (Lipinski definition) is 0. The maximum Gasteiger partial charge on any atom is 0.0922 e. The Morgan fingerprint density at radius 2 is 2.06 bits per heavy atom. The van der Waals surface area contributed by atoms with E-state index in [2.05, 4.69) is 45.1 Å². The second-order valence-electron chi connectivity index (χ2n) is 3.84. The van der Waals surface area contributed by atoms with Crippen LogP contribution in [-0.4, -0.2) is 26.3 Å². The number of hydrogen-bond acceptors (Lipinski definition) is 3. The Labute approximate surface area is 107 Å². The molecule has 0 radical (unpaired) electrons. The maximum absolute atomic E-state index is 5.37. The van der Waals surface area contributed by atoms with Gasteiger partial charge in [-0.25, -0.2) is 0 Å². The first kappa shape index (κ1) is 10.6.